The van der Waals surface area contributed by atoms with Crippen molar-refractivity contribution in [3.05, 3.63) is 94.0 Å². The Hall–Kier alpha value is -5.38. The average molecular weight is 571 g/mol. The minimum Gasteiger partial charge on any atom is -0.492 e. The van der Waals surface area contributed by atoms with Crippen molar-refractivity contribution >= 4 is 45.9 Å². The lowest BCUT2D eigenvalue weighted by Gasteiger charge is -2.18. The van der Waals surface area contributed by atoms with Gasteiger partial charge >= 0.3 is 11.9 Å². The molecule has 0 bridgehead atoms. The second-order valence-corrected chi connectivity index (χ2v) is 9.35. The van der Waals surface area contributed by atoms with E-state index in [4.69, 9.17) is 9.47 Å². The third-order valence-electron chi connectivity index (χ3n) is 6.66. The average Bonchev–Trinajstić information content (AvgIpc) is 2.95. The van der Waals surface area contributed by atoms with Gasteiger partial charge in [-0.1, -0.05) is 24.3 Å². The van der Waals surface area contributed by atoms with E-state index < -0.39 is 23.8 Å². The molecule has 0 aliphatic heterocycles. The number of rotatable bonds is 10. The quantitative estimate of drug-likeness (QED) is 0.177. The molecular formula is C32H30N2O8. The van der Waals surface area contributed by atoms with Gasteiger partial charge in [0.25, 0.3) is 11.8 Å². The van der Waals surface area contributed by atoms with Crippen molar-refractivity contribution in [3.63, 3.8) is 0 Å². The summed E-state index contributed by atoms with van der Waals surface area (Å²) in [4.78, 5) is 52.1. The SMILES string of the molecule is CCOc1cccc(C)c1NC(=O)c1ccc(C(=O)Nc2c(C)cccc2OCC)c2c(C(=O)O)ccc(C(=O)O)c12. The van der Waals surface area contributed by atoms with Crippen LogP contribution in [0.3, 0.4) is 0 Å². The molecule has 0 saturated heterocycles. The van der Waals surface area contributed by atoms with Gasteiger partial charge in [-0.15, -0.1) is 0 Å². The largest absolute Gasteiger partial charge is 0.492 e. The number of hydrogen-bond donors (Lipinski definition) is 4. The molecule has 0 spiro atoms. The Balaban J connectivity index is 1.93. The van der Waals surface area contributed by atoms with Crippen LogP contribution in [0, 0.1) is 13.8 Å². The minimum atomic E-state index is -1.40. The predicted octanol–water partition coefficient (Wildman–Crippen LogP) is 6.16. The van der Waals surface area contributed by atoms with E-state index in [0.29, 0.717) is 47.2 Å². The molecule has 0 fully saturated rings. The van der Waals surface area contributed by atoms with Gasteiger partial charge in [0, 0.05) is 21.9 Å². The van der Waals surface area contributed by atoms with E-state index in [2.05, 4.69) is 10.6 Å². The molecule has 4 aromatic carbocycles. The first-order valence-corrected chi connectivity index (χ1v) is 13.2. The van der Waals surface area contributed by atoms with Gasteiger partial charge in [0.1, 0.15) is 11.5 Å². The second-order valence-electron chi connectivity index (χ2n) is 9.35. The third-order valence-corrected chi connectivity index (χ3v) is 6.66. The number of carboxylic acid groups (broad SMARTS) is 2. The summed E-state index contributed by atoms with van der Waals surface area (Å²) in [6.07, 6.45) is 0. The fraction of sp³-hybridized carbons (Fsp3) is 0.188. The van der Waals surface area contributed by atoms with Crippen LogP contribution in [0.1, 0.15) is 66.4 Å². The van der Waals surface area contributed by atoms with Gasteiger partial charge in [-0.3, -0.25) is 9.59 Å². The van der Waals surface area contributed by atoms with Gasteiger partial charge in [0.2, 0.25) is 0 Å². The Morgan fingerprint density at radius 1 is 0.595 bits per heavy atom. The third kappa shape index (κ3) is 5.73. The molecule has 0 radical (unpaired) electrons. The molecule has 0 saturated carbocycles. The molecular weight excluding hydrogens is 540 g/mol. The molecule has 10 nitrogen and oxygen atoms in total. The number of carbonyl (C=O) groups excluding carboxylic acids is 2. The van der Waals surface area contributed by atoms with Crippen molar-refractivity contribution in [2.45, 2.75) is 27.7 Å². The Labute approximate surface area is 241 Å². The van der Waals surface area contributed by atoms with Crippen LogP contribution in [-0.4, -0.2) is 47.2 Å². The van der Waals surface area contributed by atoms with Crippen molar-refractivity contribution < 1.29 is 38.9 Å². The molecule has 4 rings (SSSR count). The molecule has 0 aliphatic rings. The van der Waals surface area contributed by atoms with Crippen LogP contribution in [0.2, 0.25) is 0 Å². The number of aromatic carboxylic acids is 2. The van der Waals surface area contributed by atoms with Crippen LogP contribution in [-0.2, 0) is 0 Å². The van der Waals surface area contributed by atoms with E-state index in [1.807, 2.05) is 0 Å². The number of ether oxygens (including phenoxy) is 2. The molecule has 0 aliphatic carbocycles. The number of para-hydroxylation sites is 2. The zero-order valence-electron chi connectivity index (χ0n) is 23.5. The lowest BCUT2D eigenvalue weighted by molar-refractivity contribution is 0.0684. The van der Waals surface area contributed by atoms with E-state index in [9.17, 15) is 29.4 Å². The van der Waals surface area contributed by atoms with Gasteiger partial charge in [0.15, 0.2) is 0 Å². The Morgan fingerprint density at radius 2 is 0.952 bits per heavy atom. The maximum atomic E-state index is 13.7. The zero-order valence-corrected chi connectivity index (χ0v) is 23.5. The molecule has 0 atom stereocenters. The molecule has 0 aromatic heterocycles. The van der Waals surface area contributed by atoms with Crippen molar-refractivity contribution in [1.29, 1.82) is 0 Å². The number of fused-ring (bicyclic) bond motifs is 1. The van der Waals surface area contributed by atoms with Crippen LogP contribution >= 0.6 is 0 Å². The van der Waals surface area contributed by atoms with Crippen LogP contribution in [0.5, 0.6) is 11.5 Å². The summed E-state index contributed by atoms with van der Waals surface area (Å²) in [5.74, 6) is -3.37. The summed E-state index contributed by atoms with van der Waals surface area (Å²) in [6, 6.07) is 15.3. The Kier molecular flexibility index (Phi) is 8.76. The minimum absolute atomic E-state index is 0.126. The van der Waals surface area contributed by atoms with E-state index in [1.165, 1.54) is 12.1 Å². The summed E-state index contributed by atoms with van der Waals surface area (Å²) >= 11 is 0. The van der Waals surface area contributed by atoms with Crippen LogP contribution in [0.4, 0.5) is 11.4 Å². The Morgan fingerprint density at radius 3 is 1.29 bits per heavy atom. The summed E-state index contributed by atoms with van der Waals surface area (Å²) in [6.45, 7) is 7.83. The summed E-state index contributed by atoms with van der Waals surface area (Å²) in [5, 5.41) is 25.3. The van der Waals surface area contributed by atoms with Gasteiger partial charge in [-0.25, -0.2) is 9.59 Å². The molecule has 4 aromatic rings. The first-order valence-electron chi connectivity index (χ1n) is 13.2. The number of carbonyl (C=O) groups is 4. The highest BCUT2D eigenvalue weighted by Gasteiger charge is 2.27. The standard InChI is InChI=1S/C32H30N2O8/c1-5-41-23-11-7-9-17(3)27(23)33-29(35)19-13-14-20(26-22(32(39)40)16-15-21(25(19)26)31(37)38)30(36)34-28-18(4)10-8-12-24(28)42-6-2/h7-16H,5-6H2,1-4H3,(H,33,35)(H,34,36)(H,37,38)(H,39,40). The smallest absolute Gasteiger partial charge is 0.336 e. The number of hydrogen-bond acceptors (Lipinski definition) is 6. The van der Waals surface area contributed by atoms with Crippen LogP contribution in [0.25, 0.3) is 10.8 Å². The lowest BCUT2D eigenvalue weighted by atomic mass is 9.90. The topological polar surface area (TPSA) is 151 Å². The van der Waals surface area contributed by atoms with Gasteiger partial charge in [0.05, 0.1) is 35.7 Å². The number of carboxylic acids is 2. The highest BCUT2D eigenvalue weighted by molar-refractivity contribution is 6.26. The van der Waals surface area contributed by atoms with Gasteiger partial charge in [-0.05, 0) is 75.2 Å². The van der Waals surface area contributed by atoms with Crippen molar-refractivity contribution in [2.75, 3.05) is 23.8 Å². The summed E-state index contributed by atoms with van der Waals surface area (Å²) in [5.41, 5.74) is 1.23. The Bertz CT molecular complexity index is 1600. The fourth-order valence-electron chi connectivity index (χ4n) is 4.75. The van der Waals surface area contributed by atoms with E-state index in [0.717, 1.165) is 12.1 Å². The number of benzene rings is 4. The van der Waals surface area contributed by atoms with Crippen molar-refractivity contribution in [3.8, 4) is 11.5 Å². The fourth-order valence-corrected chi connectivity index (χ4v) is 4.75. The van der Waals surface area contributed by atoms with Crippen LogP contribution < -0.4 is 20.1 Å². The van der Waals surface area contributed by atoms with E-state index >= 15 is 0 Å². The highest BCUT2D eigenvalue weighted by Crippen LogP contribution is 2.35. The first kappa shape index (κ1) is 29.6. The molecule has 2 amide bonds. The second kappa shape index (κ2) is 12.4. The molecule has 4 N–H and O–H groups in total. The molecule has 42 heavy (non-hydrogen) atoms. The number of aryl methyl sites for hydroxylation is 2. The number of nitrogens with one attached hydrogen (secondary N) is 2. The highest BCUT2D eigenvalue weighted by atomic mass is 16.5. The molecule has 216 valence electrons. The van der Waals surface area contributed by atoms with Gasteiger partial charge < -0.3 is 30.3 Å². The van der Waals surface area contributed by atoms with Crippen molar-refractivity contribution in [1.82, 2.24) is 0 Å². The molecule has 10 heteroatoms. The lowest BCUT2D eigenvalue weighted by Crippen LogP contribution is -2.19. The zero-order chi connectivity index (χ0) is 30.6. The monoisotopic (exact) mass is 570 g/mol. The summed E-state index contributed by atoms with van der Waals surface area (Å²) in [7, 11) is 0. The molecule has 0 heterocycles. The van der Waals surface area contributed by atoms with Gasteiger partial charge in [-0.2, -0.15) is 0 Å². The maximum absolute atomic E-state index is 13.7. The normalized spacial score (nSPS) is 10.7. The number of anilines is 2. The predicted molar refractivity (Wildman–Crippen MR) is 158 cm³/mol. The van der Waals surface area contributed by atoms with Crippen molar-refractivity contribution in [2.24, 2.45) is 0 Å². The van der Waals surface area contributed by atoms with E-state index in [-0.39, 0.29) is 33.0 Å². The van der Waals surface area contributed by atoms with Crippen LogP contribution in [0.15, 0.2) is 60.7 Å². The molecule has 0 unspecified atom stereocenters. The summed E-state index contributed by atoms with van der Waals surface area (Å²) < 4.78 is 11.3. The maximum Gasteiger partial charge on any atom is 0.336 e. The van der Waals surface area contributed by atoms with E-state index in [1.54, 1.807) is 64.1 Å². The number of amides is 2. The first-order chi connectivity index (χ1) is 20.1.